The monoisotopic (exact) mass is 320 g/mol. The molecule has 98 valence electrons. The van der Waals surface area contributed by atoms with Crippen LogP contribution in [0.15, 0.2) is 53.0 Å². The molecule has 0 saturated heterocycles. The number of amides is 1. The molecule has 1 amide bonds. The average Bonchev–Trinajstić information content (AvgIpc) is 2.46. The summed E-state index contributed by atoms with van der Waals surface area (Å²) in [5, 5.41) is 0. The fraction of sp³-hybridized carbons (Fsp3) is 0.0714. The first-order chi connectivity index (χ1) is 9.20. The molecule has 0 heterocycles. The van der Waals surface area contributed by atoms with Crippen LogP contribution < -0.4 is 16.0 Å². The van der Waals surface area contributed by atoms with Crippen molar-refractivity contribution in [2.24, 2.45) is 5.84 Å². The van der Waals surface area contributed by atoms with Gasteiger partial charge in [-0.1, -0.05) is 30.3 Å². The largest absolute Gasteiger partial charge is 0.488 e. The van der Waals surface area contributed by atoms with Gasteiger partial charge in [-0.05, 0) is 39.7 Å². The van der Waals surface area contributed by atoms with E-state index in [1.807, 2.05) is 30.3 Å². The zero-order valence-electron chi connectivity index (χ0n) is 10.1. The molecule has 0 aliphatic carbocycles. The first-order valence-corrected chi connectivity index (χ1v) is 6.47. The van der Waals surface area contributed by atoms with Gasteiger partial charge in [0.1, 0.15) is 12.4 Å². The number of ether oxygens (including phenoxy) is 1. The number of hydrogen-bond donors (Lipinski definition) is 2. The molecular weight excluding hydrogens is 308 g/mol. The number of nitrogen functional groups attached to an aromatic ring is 1. The second-order valence-corrected chi connectivity index (χ2v) is 4.75. The van der Waals surface area contributed by atoms with Crippen LogP contribution in [0, 0.1) is 0 Å². The summed E-state index contributed by atoms with van der Waals surface area (Å²) in [6.45, 7) is 0.474. The van der Waals surface area contributed by atoms with Gasteiger partial charge in [-0.25, -0.2) is 5.84 Å². The van der Waals surface area contributed by atoms with E-state index in [-0.39, 0.29) is 5.91 Å². The van der Waals surface area contributed by atoms with Gasteiger partial charge in [0.05, 0.1) is 4.47 Å². The summed E-state index contributed by atoms with van der Waals surface area (Å²) < 4.78 is 6.39. The molecule has 2 aromatic rings. The molecule has 0 saturated carbocycles. The zero-order valence-corrected chi connectivity index (χ0v) is 11.7. The zero-order chi connectivity index (χ0) is 13.7. The predicted molar refractivity (Wildman–Crippen MR) is 76.6 cm³/mol. The molecule has 0 aliphatic heterocycles. The number of carbonyl (C=O) groups is 1. The maximum atomic E-state index is 11.4. The average molecular weight is 321 g/mol. The van der Waals surface area contributed by atoms with Crippen molar-refractivity contribution in [3.05, 3.63) is 64.1 Å². The lowest BCUT2D eigenvalue weighted by atomic mass is 10.2. The lowest BCUT2D eigenvalue weighted by Gasteiger charge is -2.09. The Balaban J connectivity index is 2.07. The minimum Gasteiger partial charge on any atom is -0.488 e. The fourth-order valence-electron chi connectivity index (χ4n) is 1.58. The van der Waals surface area contributed by atoms with Crippen LogP contribution in [0.25, 0.3) is 0 Å². The van der Waals surface area contributed by atoms with Gasteiger partial charge in [0.15, 0.2) is 0 Å². The van der Waals surface area contributed by atoms with Gasteiger partial charge in [-0.15, -0.1) is 0 Å². The predicted octanol–water partition coefficient (Wildman–Crippen LogP) is 2.63. The molecule has 0 bridgehead atoms. The number of halogens is 1. The number of nitrogens with one attached hydrogen (secondary N) is 1. The van der Waals surface area contributed by atoms with E-state index in [9.17, 15) is 4.79 Å². The quantitative estimate of drug-likeness (QED) is 0.517. The highest BCUT2D eigenvalue weighted by Gasteiger charge is 2.08. The summed E-state index contributed by atoms with van der Waals surface area (Å²) in [6.07, 6.45) is 0. The van der Waals surface area contributed by atoms with Crippen molar-refractivity contribution in [3.63, 3.8) is 0 Å². The Morgan fingerprint density at radius 3 is 2.58 bits per heavy atom. The topological polar surface area (TPSA) is 64.3 Å². The van der Waals surface area contributed by atoms with Crippen molar-refractivity contribution < 1.29 is 9.53 Å². The normalized spacial score (nSPS) is 10.0. The van der Waals surface area contributed by atoms with Crippen LogP contribution in [-0.2, 0) is 6.61 Å². The van der Waals surface area contributed by atoms with Crippen LogP contribution >= 0.6 is 15.9 Å². The van der Waals surface area contributed by atoms with E-state index >= 15 is 0 Å². The molecule has 19 heavy (non-hydrogen) atoms. The first-order valence-electron chi connectivity index (χ1n) is 5.68. The molecule has 0 aliphatic rings. The number of hydrazine groups is 1. The number of carbonyl (C=O) groups excluding carboxylic acids is 1. The lowest BCUT2D eigenvalue weighted by Crippen LogP contribution is -2.29. The maximum Gasteiger partial charge on any atom is 0.265 e. The molecule has 0 aromatic heterocycles. The molecular formula is C14H13BrN2O2. The van der Waals surface area contributed by atoms with E-state index < -0.39 is 0 Å². The number of rotatable bonds is 4. The Kier molecular flexibility index (Phi) is 4.54. The highest BCUT2D eigenvalue weighted by molar-refractivity contribution is 9.10. The van der Waals surface area contributed by atoms with Crippen molar-refractivity contribution >= 4 is 21.8 Å². The van der Waals surface area contributed by atoms with Gasteiger partial charge >= 0.3 is 0 Å². The number of nitrogens with two attached hydrogens (primary N) is 1. The van der Waals surface area contributed by atoms with Crippen LogP contribution in [0.2, 0.25) is 0 Å². The SMILES string of the molecule is NNC(=O)c1ccc(OCc2ccccc2)c(Br)c1. The fourth-order valence-corrected chi connectivity index (χ4v) is 2.07. The highest BCUT2D eigenvalue weighted by atomic mass is 79.9. The Morgan fingerprint density at radius 2 is 1.95 bits per heavy atom. The molecule has 3 N–H and O–H groups in total. The Labute approximate surface area is 119 Å². The summed E-state index contributed by atoms with van der Waals surface area (Å²) in [5.41, 5.74) is 3.64. The summed E-state index contributed by atoms with van der Waals surface area (Å²) in [4.78, 5) is 11.4. The Morgan fingerprint density at radius 1 is 1.21 bits per heavy atom. The Bertz CT molecular complexity index is 573. The third-order valence-corrected chi connectivity index (χ3v) is 3.18. The van der Waals surface area contributed by atoms with Gasteiger partial charge in [-0.2, -0.15) is 0 Å². The molecule has 0 unspecified atom stereocenters. The van der Waals surface area contributed by atoms with E-state index in [0.29, 0.717) is 22.4 Å². The summed E-state index contributed by atoms with van der Waals surface area (Å²) >= 11 is 3.37. The minimum atomic E-state index is -0.338. The van der Waals surface area contributed by atoms with E-state index in [4.69, 9.17) is 10.6 Å². The molecule has 0 fully saturated rings. The van der Waals surface area contributed by atoms with Crippen molar-refractivity contribution in [1.82, 2.24) is 5.43 Å². The van der Waals surface area contributed by atoms with E-state index in [1.54, 1.807) is 18.2 Å². The molecule has 2 aromatic carbocycles. The van der Waals surface area contributed by atoms with Gasteiger partial charge in [-0.3, -0.25) is 10.2 Å². The van der Waals surface area contributed by atoms with Crippen molar-refractivity contribution in [1.29, 1.82) is 0 Å². The van der Waals surface area contributed by atoms with Gasteiger partial charge < -0.3 is 4.74 Å². The van der Waals surface area contributed by atoms with Crippen LogP contribution in [0.1, 0.15) is 15.9 Å². The third-order valence-electron chi connectivity index (χ3n) is 2.56. The lowest BCUT2D eigenvalue weighted by molar-refractivity contribution is 0.0953. The summed E-state index contributed by atoms with van der Waals surface area (Å²) in [7, 11) is 0. The van der Waals surface area contributed by atoms with Crippen molar-refractivity contribution in [2.75, 3.05) is 0 Å². The molecule has 4 nitrogen and oxygen atoms in total. The highest BCUT2D eigenvalue weighted by Crippen LogP contribution is 2.26. The van der Waals surface area contributed by atoms with Crippen LogP contribution in [0.3, 0.4) is 0 Å². The summed E-state index contributed by atoms with van der Waals surface area (Å²) in [6, 6.07) is 14.9. The first kappa shape index (κ1) is 13.6. The van der Waals surface area contributed by atoms with Crippen LogP contribution in [-0.4, -0.2) is 5.91 Å². The standard InChI is InChI=1S/C14H13BrN2O2/c15-12-8-11(14(18)17-16)6-7-13(12)19-9-10-4-2-1-3-5-10/h1-8H,9,16H2,(H,17,18). The number of benzene rings is 2. The molecule has 2 rings (SSSR count). The minimum absolute atomic E-state index is 0.338. The van der Waals surface area contributed by atoms with Gasteiger partial charge in [0, 0.05) is 5.56 Å². The van der Waals surface area contributed by atoms with Crippen molar-refractivity contribution in [2.45, 2.75) is 6.61 Å². The maximum absolute atomic E-state index is 11.4. The molecule has 0 radical (unpaired) electrons. The summed E-state index contributed by atoms with van der Waals surface area (Å²) in [5.74, 6) is 5.42. The van der Waals surface area contributed by atoms with Crippen LogP contribution in [0.5, 0.6) is 5.75 Å². The second kappa shape index (κ2) is 6.36. The van der Waals surface area contributed by atoms with E-state index in [1.165, 1.54) is 0 Å². The molecule has 5 heteroatoms. The van der Waals surface area contributed by atoms with Gasteiger partial charge in [0.25, 0.3) is 5.91 Å². The third kappa shape index (κ3) is 3.56. The van der Waals surface area contributed by atoms with Gasteiger partial charge in [0.2, 0.25) is 0 Å². The van der Waals surface area contributed by atoms with E-state index in [0.717, 1.165) is 5.56 Å². The number of hydrogen-bond acceptors (Lipinski definition) is 3. The van der Waals surface area contributed by atoms with E-state index in [2.05, 4.69) is 21.4 Å². The van der Waals surface area contributed by atoms with Crippen LogP contribution in [0.4, 0.5) is 0 Å². The Hall–Kier alpha value is -1.85. The molecule has 0 spiro atoms. The smallest absolute Gasteiger partial charge is 0.265 e. The molecule has 0 atom stereocenters. The second-order valence-electron chi connectivity index (χ2n) is 3.89. The van der Waals surface area contributed by atoms with Crippen molar-refractivity contribution in [3.8, 4) is 5.75 Å².